The lowest BCUT2D eigenvalue weighted by Crippen LogP contribution is -2.54. The van der Waals surface area contributed by atoms with E-state index in [0.29, 0.717) is 10.1 Å². The van der Waals surface area contributed by atoms with Gasteiger partial charge in [0.25, 0.3) is 0 Å². The van der Waals surface area contributed by atoms with Crippen molar-refractivity contribution in [1.82, 2.24) is 0 Å². The summed E-state index contributed by atoms with van der Waals surface area (Å²) in [4.78, 5) is 11.8. The molecule has 1 atom stereocenters. The second-order valence-electron chi connectivity index (χ2n) is 8.97. The van der Waals surface area contributed by atoms with E-state index in [4.69, 9.17) is 21.8 Å². The molecule has 4 aromatic carbocycles. The lowest BCUT2D eigenvalue weighted by molar-refractivity contribution is -0.110. The van der Waals surface area contributed by atoms with E-state index in [1.807, 2.05) is 76.7 Å². The molecule has 2 aliphatic rings. The van der Waals surface area contributed by atoms with Gasteiger partial charge in [-0.25, -0.2) is 10.0 Å². The van der Waals surface area contributed by atoms with Gasteiger partial charge in [0.05, 0.1) is 17.1 Å². The number of thioether (sulfide) groups is 1. The van der Waals surface area contributed by atoms with Gasteiger partial charge in [-0.3, -0.25) is 4.79 Å². The minimum Gasteiger partial charge on any atom is -0.292 e. The number of para-hydroxylation sites is 1. The first kappa shape index (κ1) is 23.5. The third-order valence-corrected chi connectivity index (χ3v) is 8.10. The molecular weight excluding hydrogens is 500 g/mol. The fourth-order valence-corrected chi connectivity index (χ4v) is 6.07. The molecule has 0 bridgehead atoms. The van der Waals surface area contributed by atoms with Gasteiger partial charge in [0.1, 0.15) is 0 Å². The van der Waals surface area contributed by atoms with Crippen molar-refractivity contribution in [2.75, 3.05) is 10.0 Å². The van der Waals surface area contributed by atoms with Crippen molar-refractivity contribution in [3.05, 3.63) is 130 Å². The molecule has 0 fully saturated rings. The van der Waals surface area contributed by atoms with Crippen molar-refractivity contribution in [3.8, 4) is 0 Å². The molecule has 0 saturated heterocycles. The standard InChI is InChI=1S/C30H23ClN4OS/c1-20-12-14-22(15-13-20)28-26-10-6-7-11-27(26)30(34(32-28)24-8-4-3-5-9-24)35(33-29(37-30)21(2)36)25-18-16-23(31)17-19-25/h3-19H,1-2H3/t30-/m0/s1. The van der Waals surface area contributed by atoms with Crippen molar-refractivity contribution in [1.29, 1.82) is 0 Å². The highest BCUT2D eigenvalue weighted by atomic mass is 35.5. The lowest BCUT2D eigenvalue weighted by Gasteiger charge is -2.47. The number of Topliss-reactive ketones (excluding diaryl/α,β-unsaturated/α-hetero) is 1. The lowest BCUT2D eigenvalue weighted by atomic mass is 9.93. The molecule has 0 aliphatic carbocycles. The molecule has 0 radical (unpaired) electrons. The van der Waals surface area contributed by atoms with E-state index in [1.165, 1.54) is 17.3 Å². The first-order valence-corrected chi connectivity index (χ1v) is 13.1. The highest BCUT2D eigenvalue weighted by Crippen LogP contribution is 2.55. The van der Waals surface area contributed by atoms with Crippen LogP contribution in [0.5, 0.6) is 0 Å². The Balaban J connectivity index is 1.66. The van der Waals surface area contributed by atoms with Crippen LogP contribution in [-0.2, 0) is 9.79 Å². The van der Waals surface area contributed by atoms with E-state index in [2.05, 4.69) is 43.3 Å². The minimum atomic E-state index is -0.971. The van der Waals surface area contributed by atoms with Crippen molar-refractivity contribution in [2.24, 2.45) is 10.2 Å². The number of fused-ring (bicyclic) bond motifs is 2. The van der Waals surface area contributed by atoms with E-state index in [1.54, 1.807) is 6.92 Å². The Morgan fingerprint density at radius 2 is 1.41 bits per heavy atom. The number of rotatable bonds is 4. The van der Waals surface area contributed by atoms with Crippen LogP contribution in [0.15, 0.2) is 113 Å². The molecule has 0 saturated carbocycles. The number of hydrazone groups is 2. The fourth-order valence-electron chi connectivity index (χ4n) is 4.65. The molecule has 5 nitrogen and oxygen atoms in total. The highest BCUT2D eigenvalue weighted by Gasteiger charge is 2.55. The third kappa shape index (κ3) is 3.93. The Hall–Kier alpha value is -3.87. The van der Waals surface area contributed by atoms with Gasteiger partial charge in [-0.15, -0.1) is 0 Å². The van der Waals surface area contributed by atoms with Crippen molar-refractivity contribution in [3.63, 3.8) is 0 Å². The Labute approximate surface area is 225 Å². The number of hydrogen-bond donors (Lipinski definition) is 0. The molecule has 1 spiro atoms. The van der Waals surface area contributed by atoms with Gasteiger partial charge in [0, 0.05) is 28.6 Å². The normalized spacial score (nSPS) is 18.5. The molecule has 37 heavy (non-hydrogen) atoms. The van der Waals surface area contributed by atoms with Gasteiger partial charge in [-0.05, 0) is 55.1 Å². The number of ketones is 1. The quantitative estimate of drug-likeness (QED) is 0.284. The first-order valence-electron chi connectivity index (χ1n) is 11.9. The first-order chi connectivity index (χ1) is 18.0. The number of nitrogens with zero attached hydrogens (tertiary/aromatic N) is 4. The maximum atomic E-state index is 12.7. The Kier molecular flexibility index (Phi) is 5.86. The Morgan fingerprint density at radius 1 is 0.784 bits per heavy atom. The number of halogens is 1. The smallest absolute Gasteiger partial charge is 0.234 e. The van der Waals surface area contributed by atoms with Gasteiger partial charge in [0.15, 0.2) is 10.8 Å². The predicted molar refractivity (Wildman–Crippen MR) is 153 cm³/mol. The second-order valence-corrected chi connectivity index (χ2v) is 10.6. The number of aryl methyl sites for hydroxylation is 1. The molecule has 6 rings (SSSR count). The molecule has 4 aromatic rings. The average molecular weight is 523 g/mol. The number of anilines is 2. The summed E-state index contributed by atoms with van der Waals surface area (Å²) in [6.45, 7) is 3.62. The molecule has 0 N–H and O–H groups in total. The maximum Gasteiger partial charge on any atom is 0.234 e. The summed E-state index contributed by atoms with van der Waals surface area (Å²) in [6.07, 6.45) is 0. The predicted octanol–water partition coefficient (Wildman–Crippen LogP) is 7.19. The third-order valence-electron chi connectivity index (χ3n) is 6.44. The average Bonchev–Trinajstić information content (AvgIpc) is 3.32. The molecule has 0 aromatic heterocycles. The summed E-state index contributed by atoms with van der Waals surface area (Å²) in [5.41, 5.74) is 6.73. The topological polar surface area (TPSA) is 48.3 Å². The summed E-state index contributed by atoms with van der Waals surface area (Å²) >= 11 is 7.64. The van der Waals surface area contributed by atoms with Gasteiger partial charge >= 0.3 is 0 Å². The van der Waals surface area contributed by atoms with Gasteiger partial charge in [0.2, 0.25) is 4.99 Å². The number of benzene rings is 4. The second kappa shape index (κ2) is 9.21. The summed E-state index contributed by atoms with van der Waals surface area (Å²) < 4.78 is 0. The molecule has 7 heteroatoms. The van der Waals surface area contributed by atoms with E-state index in [9.17, 15) is 4.79 Å². The van der Waals surface area contributed by atoms with Crippen molar-refractivity contribution < 1.29 is 4.79 Å². The summed E-state index contributed by atoms with van der Waals surface area (Å²) in [6, 6.07) is 34.1. The van der Waals surface area contributed by atoms with Crippen molar-refractivity contribution >= 4 is 51.3 Å². The van der Waals surface area contributed by atoms with Gasteiger partial charge in [-0.2, -0.15) is 10.2 Å². The van der Waals surface area contributed by atoms with Crippen LogP contribution in [0.4, 0.5) is 11.4 Å². The summed E-state index contributed by atoms with van der Waals surface area (Å²) in [7, 11) is 0. The van der Waals surface area contributed by atoms with Crippen LogP contribution in [0.3, 0.4) is 0 Å². The van der Waals surface area contributed by atoms with E-state index in [0.717, 1.165) is 33.8 Å². The monoisotopic (exact) mass is 522 g/mol. The van der Waals surface area contributed by atoms with Gasteiger partial charge in [-0.1, -0.05) is 83.9 Å². The van der Waals surface area contributed by atoms with E-state index < -0.39 is 4.99 Å². The zero-order valence-corrected chi connectivity index (χ0v) is 21.9. The maximum absolute atomic E-state index is 12.7. The zero-order chi connectivity index (χ0) is 25.6. The van der Waals surface area contributed by atoms with Crippen LogP contribution in [0.2, 0.25) is 5.02 Å². The van der Waals surface area contributed by atoms with Crippen molar-refractivity contribution in [2.45, 2.75) is 18.8 Å². The molecule has 182 valence electrons. The molecule has 2 aliphatic heterocycles. The van der Waals surface area contributed by atoms with Gasteiger partial charge < -0.3 is 0 Å². The molecule has 0 amide bonds. The number of carbonyl (C=O) groups is 1. The summed E-state index contributed by atoms with van der Waals surface area (Å²) in [5, 5.41) is 15.1. The fraction of sp³-hybridized carbons (Fsp3) is 0.100. The largest absolute Gasteiger partial charge is 0.292 e. The van der Waals surface area contributed by atoms with Crippen LogP contribution < -0.4 is 10.0 Å². The van der Waals surface area contributed by atoms with Crippen LogP contribution in [-0.4, -0.2) is 16.5 Å². The highest BCUT2D eigenvalue weighted by molar-refractivity contribution is 8.17. The Morgan fingerprint density at radius 3 is 2.11 bits per heavy atom. The minimum absolute atomic E-state index is 0.0976. The Bertz CT molecular complexity index is 1550. The van der Waals surface area contributed by atoms with Crippen LogP contribution in [0, 0.1) is 6.92 Å². The number of hydrogen-bond acceptors (Lipinski definition) is 6. The zero-order valence-electron chi connectivity index (χ0n) is 20.3. The van der Waals surface area contributed by atoms with Crippen LogP contribution in [0.25, 0.3) is 0 Å². The number of carbonyl (C=O) groups excluding carboxylic acids is 1. The van der Waals surface area contributed by atoms with Crippen LogP contribution in [0.1, 0.15) is 29.2 Å². The van der Waals surface area contributed by atoms with E-state index >= 15 is 0 Å². The molecular formula is C30H23ClN4OS. The summed E-state index contributed by atoms with van der Waals surface area (Å²) in [5.74, 6) is -0.0976. The van der Waals surface area contributed by atoms with Crippen LogP contribution >= 0.6 is 23.4 Å². The van der Waals surface area contributed by atoms with E-state index in [-0.39, 0.29) is 5.78 Å². The molecule has 2 heterocycles. The SMILES string of the molecule is CC(=O)C1=NN(c2ccc(Cl)cc2)[C@]2(S1)c1ccccc1C(c1ccc(C)cc1)=NN2c1ccccc1. The molecule has 0 unspecified atom stereocenters.